The molecule has 0 aliphatic carbocycles. The lowest BCUT2D eigenvalue weighted by atomic mass is 10.0. The first kappa shape index (κ1) is 14.9. The summed E-state index contributed by atoms with van der Waals surface area (Å²) >= 11 is 1.71. The monoisotopic (exact) mass is 283 g/mol. The molecule has 108 valence electrons. The number of aromatic nitrogens is 2. The minimum absolute atomic E-state index is 0.181. The molecule has 2 rings (SSSR count). The molecule has 0 amide bonds. The van der Waals surface area contributed by atoms with Crippen molar-refractivity contribution in [2.24, 2.45) is 0 Å². The summed E-state index contributed by atoms with van der Waals surface area (Å²) in [6, 6.07) is 0. The molecule has 0 radical (unpaired) electrons. The normalized spacial score (nSPS) is 24.0. The van der Waals surface area contributed by atoms with Crippen LogP contribution < -0.4 is 5.32 Å². The maximum atomic E-state index is 5.81. The maximum absolute atomic E-state index is 5.81. The summed E-state index contributed by atoms with van der Waals surface area (Å²) in [6.45, 7) is 10.6. The Balaban J connectivity index is 1.81. The third-order valence-corrected chi connectivity index (χ3v) is 4.59. The highest BCUT2D eigenvalue weighted by molar-refractivity contribution is 7.11. The Kier molecular flexibility index (Phi) is 4.58. The van der Waals surface area contributed by atoms with Crippen molar-refractivity contribution in [2.45, 2.75) is 64.5 Å². The molecule has 1 unspecified atom stereocenters. The van der Waals surface area contributed by atoms with Gasteiger partial charge in [0.15, 0.2) is 0 Å². The number of aryl methyl sites for hydroxylation is 1. The predicted octanol–water partition coefficient (Wildman–Crippen LogP) is 2.88. The Morgan fingerprint density at radius 3 is 2.79 bits per heavy atom. The van der Waals surface area contributed by atoms with Crippen molar-refractivity contribution in [3.05, 3.63) is 10.0 Å². The molecule has 1 aliphatic rings. The SMILES string of the molecule is CC(C)(C)NCCCc1nnc(C2(C)CCCO2)s1. The molecule has 0 spiro atoms. The standard InChI is InChI=1S/C14H25N3OS/c1-13(2,3)15-9-5-7-11-16-17-12(19-11)14(4)8-6-10-18-14/h15H,5-10H2,1-4H3. The van der Waals surface area contributed by atoms with E-state index in [0.29, 0.717) is 0 Å². The van der Waals surface area contributed by atoms with Gasteiger partial charge in [0.05, 0.1) is 0 Å². The van der Waals surface area contributed by atoms with Crippen LogP contribution in [-0.2, 0) is 16.8 Å². The fourth-order valence-corrected chi connectivity index (χ4v) is 3.23. The summed E-state index contributed by atoms with van der Waals surface area (Å²) in [5.41, 5.74) is 0.0109. The van der Waals surface area contributed by atoms with Crippen LogP contribution >= 0.6 is 11.3 Å². The number of nitrogens with zero attached hydrogens (tertiary/aromatic N) is 2. The van der Waals surface area contributed by atoms with Gasteiger partial charge in [-0.25, -0.2) is 0 Å². The van der Waals surface area contributed by atoms with E-state index >= 15 is 0 Å². The minimum Gasteiger partial charge on any atom is -0.368 e. The lowest BCUT2D eigenvalue weighted by Gasteiger charge is -2.20. The Morgan fingerprint density at radius 1 is 1.37 bits per heavy atom. The zero-order chi connectivity index (χ0) is 13.9. The third kappa shape index (κ3) is 4.23. The van der Waals surface area contributed by atoms with Gasteiger partial charge in [0.2, 0.25) is 0 Å². The molecule has 0 aromatic carbocycles. The van der Waals surface area contributed by atoms with Gasteiger partial charge < -0.3 is 10.1 Å². The first-order valence-corrected chi connectivity index (χ1v) is 7.93. The molecular weight excluding hydrogens is 258 g/mol. The van der Waals surface area contributed by atoms with E-state index in [1.54, 1.807) is 11.3 Å². The van der Waals surface area contributed by atoms with Gasteiger partial charge in [-0.1, -0.05) is 11.3 Å². The summed E-state index contributed by atoms with van der Waals surface area (Å²) in [6.07, 6.45) is 4.29. The van der Waals surface area contributed by atoms with Crippen LogP contribution in [0.4, 0.5) is 0 Å². The van der Waals surface area contributed by atoms with Crippen molar-refractivity contribution in [1.82, 2.24) is 15.5 Å². The summed E-state index contributed by atoms with van der Waals surface area (Å²) in [5, 5.41) is 14.3. The quantitative estimate of drug-likeness (QED) is 0.844. The Hall–Kier alpha value is -0.520. The molecule has 1 atom stereocenters. The summed E-state index contributed by atoms with van der Waals surface area (Å²) in [4.78, 5) is 0. The van der Waals surface area contributed by atoms with Crippen LogP contribution in [0.15, 0.2) is 0 Å². The average Bonchev–Trinajstić information content (AvgIpc) is 2.93. The molecule has 1 aromatic heterocycles. The van der Waals surface area contributed by atoms with Gasteiger partial charge in [0, 0.05) is 18.6 Å². The zero-order valence-corrected chi connectivity index (χ0v) is 13.3. The average molecular weight is 283 g/mol. The topological polar surface area (TPSA) is 47.0 Å². The minimum atomic E-state index is -0.181. The van der Waals surface area contributed by atoms with Crippen molar-refractivity contribution < 1.29 is 4.74 Å². The van der Waals surface area contributed by atoms with Gasteiger partial charge in [0.25, 0.3) is 0 Å². The molecule has 1 aliphatic heterocycles. The van der Waals surface area contributed by atoms with E-state index in [-0.39, 0.29) is 11.1 Å². The zero-order valence-electron chi connectivity index (χ0n) is 12.5. The van der Waals surface area contributed by atoms with E-state index in [1.807, 2.05) is 0 Å². The number of nitrogens with one attached hydrogen (secondary N) is 1. The van der Waals surface area contributed by atoms with Crippen LogP contribution in [0.25, 0.3) is 0 Å². The molecule has 1 N–H and O–H groups in total. The van der Waals surface area contributed by atoms with Crippen LogP contribution in [0.3, 0.4) is 0 Å². The van der Waals surface area contributed by atoms with Gasteiger partial charge in [0.1, 0.15) is 15.6 Å². The van der Waals surface area contributed by atoms with Crippen LogP contribution in [0.1, 0.15) is 57.0 Å². The summed E-state index contributed by atoms with van der Waals surface area (Å²) < 4.78 is 5.81. The number of hydrogen-bond donors (Lipinski definition) is 1. The van der Waals surface area contributed by atoms with Crippen LogP contribution in [-0.4, -0.2) is 28.9 Å². The first-order valence-electron chi connectivity index (χ1n) is 7.11. The van der Waals surface area contributed by atoms with E-state index in [2.05, 4.69) is 43.2 Å². The lowest BCUT2D eigenvalue weighted by molar-refractivity contribution is 0.0161. The Morgan fingerprint density at radius 2 is 2.16 bits per heavy atom. The highest BCUT2D eigenvalue weighted by Crippen LogP contribution is 2.37. The van der Waals surface area contributed by atoms with Crippen LogP contribution in [0.5, 0.6) is 0 Å². The van der Waals surface area contributed by atoms with Gasteiger partial charge >= 0.3 is 0 Å². The second-order valence-electron chi connectivity index (χ2n) is 6.46. The molecule has 1 aromatic rings. The molecule has 0 saturated carbocycles. The molecular formula is C14H25N3OS. The molecule has 1 saturated heterocycles. The van der Waals surface area contributed by atoms with Gasteiger partial charge in [-0.2, -0.15) is 0 Å². The first-order chi connectivity index (χ1) is 8.89. The fourth-order valence-electron chi connectivity index (χ4n) is 2.22. The molecule has 19 heavy (non-hydrogen) atoms. The Bertz CT molecular complexity index is 405. The molecule has 0 bridgehead atoms. The highest BCUT2D eigenvalue weighted by atomic mass is 32.1. The third-order valence-electron chi connectivity index (χ3n) is 3.36. The number of hydrogen-bond acceptors (Lipinski definition) is 5. The Labute approximate surface area is 120 Å². The second kappa shape index (κ2) is 5.85. The molecule has 5 heteroatoms. The van der Waals surface area contributed by atoms with Gasteiger partial charge in [-0.3, -0.25) is 0 Å². The van der Waals surface area contributed by atoms with Crippen molar-refractivity contribution >= 4 is 11.3 Å². The predicted molar refractivity (Wildman–Crippen MR) is 78.5 cm³/mol. The van der Waals surface area contributed by atoms with Crippen molar-refractivity contribution in [2.75, 3.05) is 13.2 Å². The summed E-state index contributed by atoms with van der Waals surface area (Å²) in [5.74, 6) is 0. The van der Waals surface area contributed by atoms with E-state index in [0.717, 1.165) is 48.9 Å². The lowest BCUT2D eigenvalue weighted by Crippen LogP contribution is -2.36. The molecule has 4 nitrogen and oxygen atoms in total. The van der Waals surface area contributed by atoms with Gasteiger partial charge in [-0.05, 0) is 53.5 Å². The maximum Gasteiger partial charge on any atom is 0.149 e. The summed E-state index contributed by atoms with van der Waals surface area (Å²) in [7, 11) is 0. The number of ether oxygens (including phenoxy) is 1. The van der Waals surface area contributed by atoms with E-state index in [1.165, 1.54) is 0 Å². The van der Waals surface area contributed by atoms with Crippen molar-refractivity contribution in [3.63, 3.8) is 0 Å². The molecule has 1 fully saturated rings. The van der Waals surface area contributed by atoms with Crippen molar-refractivity contribution in [3.8, 4) is 0 Å². The van der Waals surface area contributed by atoms with E-state index in [9.17, 15) is 0 Å². The highest BCUT2D eigenvalue weighted by Gasteiger charge is 2.35. The van der Waals surface area contributed by atoms with Crippen molar-refractivity contribution in [1.29, 1.82) is 0 Å². The fraction of sp³-hybridized carbons (Fsp3) is 0.857. The van der Waals surface area contributed by atoms with Crippen LogP contribution in [0.2, 0.25) is 0 Å². The van der Waals surface area contributed by atoms with E-state index in [4.69, 9.17) is 4.74 Å². The van der Waals surface area contributed by atoms with Crippen LogP contribution in [0, 0.1) is 0 Å². The largest absolute Gasteiger partial charge is 0.368 e. The van der Waals surface area contributed by atoms with E-state index < -0.39 is 0 Å². The molecule has 2 heterocycles. The van der Waals surface area contributed by atoms with Gasteiger partial charge in [-0.15, -0.1) is 10.2 Å². The second-order valence-corrected chi connectivity index (χ2v) is 7.53. The number of rotatable bonds is 5. The smallest absolute Gasteiger partial charge is 0.149 e.